The van der Waals surface area contributed by atoms with E-state index in [0.29, 0.717) is 6.54 Å². The number of rotatable bonds is 4. The van der Waals surface area contributed by atoms with Crippen molar-refractivity contribution in [3.63, 3.8) is 0 Å². The van der Waals surface area contributed by atoms with Gasteiger partial charge in [-0.3, -0.25) is 0 Å². The summed E-state index contributed by atoms with van der Waals surface area (Å²) in [6.07, 6.45) is 0. The molecule has 0 amide bonds. The van der Waals surface area contributed by atoms with Crippen molar-refractivity contribution >= 4 is 33.2 Å². The first kappa shape index (κ1) is 12.7. The molecular formula is C16H15NS2. The van der Waals surface area contributed by atoms with Crippen molar-refractivity contribution in [2.45, 2.75) is 17.2 Å². The van der Waals surface area contributed by atoms with Gasteiger partial charge in [-0.25, -0.2) is 0 Å². The Hall–Kier alpha value is -1.29. The smallest absolute Gasteiger partial charge is 0.0345 e. The second-order valence-electron chi connectivity index (χ2n) is 4.39. The van der Waals surface area contributed by atoms with Crippen molar-refractivity contribution in [3.05, 3.63) is 65.0 Å². The third-order valence-electron chi connectivity index (χ3n) is 3.11. The van der Waals surface area contributed by atoms with Gasteiger partial charge in [0.15, 0.2) is 0 Å². The van der Waals surface area contributed by atoms with Crippen LogP contribution in [0.3, 0.4) is 0 Å². The Balaban J connectivity index is 1.74. The molecule has 0 unspecified atom stereocenters. The quantitative estimate of drug-likeness (QED) is 0.706. The predicted octanol–water partition coefficient (Wildman–Crippen LogP) is 4.65. The van der Waals surface area contributed by atoms with Gasteiger partial charge in [0.2, 0.25) is 0 Å². The molecule has 0 aliphatic heterocycles. The van der Waals surface area contributed by atoms with Crippen LogP contribution in [-0.2, 0) is 12.3 Å². The molecule has 2 N–H and O–H groups in total. The highest BCUT2D eigenvalue weighted by atomic mass is 32.2. The monoisotopic (exact) mass is 285 g/mol. The highest BCUT2D eigenvalue weighted by molar-refractivity contribution is 7.98. The summed E-state index contributed by atoms with van der Waals surface area (Å²) in [5, 5.41) is 3.66. The first-order valence-corrected chi connectivity index (χ1v) is 8.10. The highest BCUT2D eigenvalue weighted by Crippen LogP contribution is 2.31. The van der Waals surface area contributed by atoms with Crippen LogP contribution in [0.1, 0.15) is 11.1 Å². The van der Waals surface area contributed by atoms with Crippen molar-refractivity contribution in [1.82, 2.24) is 0 Å². The van der Waals surface area contributed by atoms with Gasteiger partial charge in [-0.15, -0.1) is 23.1 Å². The fourth-order valence-corrected chi connectivity index (χ4v) is 3.99. The van der Waals surface area contributed by atoms with Gasteiger partial charge in [0.1, 0.15) is 0 Å². The molecule has 3 aromatic rings. The van der Waals surface area contributed by atoms with Crippen molar-refractivity contribution < 1.29 is 0 Å². The van der Waals surface area contributed by atoms with E-state index in [9.17, 15) is 0 Å². The van der Waals surface area contributed by atoms with Crippen molar-refractivity contribution in [3.8, 4) is 0 Å². The van der Waals surface area contributed by atoms with Crippen LogP contribution in [0, 0.1) is 0 Å². The molecule has 0 bridgehead atoms. The maximum Gasteiger partial charge on any atom is 0.0345 e. The molecule has 0 saturated carbocycles. The third-order valence-corrected chi connectivity index (χ3v) is 5.19. The molecule has 0 saturated heterocycles. The van der Waals surface area contributed by atoms with Gasteiger partial charge in [0, 0.05) is 21.9 Å². The number of benzene rings is 2. The SMILES string of the molecule is NCc1ccc(SCc2csc3ccccc23)cc1. The Bertz CT molecular complexity index is 671. The second kappa shape index (κ2) is 5.78. The molecule has 1 nitrogen and oxygen atoms in total. The molecule has 0 aliphatic rings. The van der Waals surface area contributed by atoms with E-state index in [1.165, 1.54) is 26.1 Å². The number of hydrogen-bond donors (Lipinski definition) is 1. The zero-order valence-electron chi connectivity index (χ0n) is 10.5. The Morgan fingerprint density at radius 2 is 1.79 bits per heavy atom. The number of thiophene rings is 1. The predicted molar refractivity (Wildman–Crippen MR) is 85.7 cm³/mol. The normalized spacial score (nSPS) is 11.0. The first-order chi connectivity index (χ1) is 9.36. The summed E-state index contributed by atoms with van der Waals surface area (Å²) in [5.41, 5.74) is 8.22. The van der Waals surface area contributed by atoms with Crippen LogP contribution in [0.2, 0.25) is 0 Å². The first-order valence-electron chi connectivity index (χ1n) is 6.24. The Kier molecular flexibility index (Phi) is 3.87. The minimum Gasteiger partial charge on any atom is -0.326 e. The lowest BCUT2D eigenvalue weighted by molar-refractivity contribution is 1.07. The van der Waals surface area contributed by atoms with E-state index < -0.39 is 0 Å². The maximum absolute atomic E-state index is 5.61. The lowest BCUT2D eigenvalue weighted by atomic mass is 10.2. The molecule has 96 valence electrons. The number of fused-ring (bicyclic) bond motifs is 1. The van der Waals surface area contributed by atoms with E-state index >= 15 is 0 Å². The summed E-state index contributed by atoms with van der Waals surface area (Å²) in [6, 6.07) is 17.1. The molecule has 2 aromatic carbocycles. The molecule has 0 radical (unpaired) electrons. The maximum atomic E-state index is 5.61. The van der Waals surface area contributed by atoms with Crippen molar-refractivity contribution in [2.24, 2.45) is 5.73 Å². The largest absolute Gasteiger partial charge is 0.326 e. The Morgan fingerprint density at radius 3 is 2.58 bits per heavy atom. The standard InChI is InChI=1S/C16H15NS2/c17-9-12-5-7-14(8-6-12)18-10-13-11-19-16-4-2-1-3-15(13)16/h1-8,11H,9-10,17H2. The van der Waals surface area contributed by atoms with Crippen molar-refractivity contribution in [2.75, 3.05) is 0 Å². The van der Waals surface area contributed by atoms with Gasteiger partial charge < -0.3 is 5.73 Å². The van der Waals surface area contributed by atoms with Gasteiger partial charge >= 0.3 is 0 Å². The molecule has 1 heterocycles. The van der Waals surface area contributed by atoms with Gasteiger partial charge in [-0.05, 0) is 40.1 Å². The van der Waals surface area contributed by atoms with Gasteiger partial charge in [-0.2, -0.15) is 0 Å². The lowest BCUT2D eigenvalue weighted by Gasteiger charge is -2.02. The molecule has 19 heavy (non-hydrogen) atoms. The average Bonchev–Trinajstić information content (AvgIpc) is 2.89. The van der Waals surface area contributed by atoms with Crippen LogP contribution in [0.5, 0.6) is 0 Å². The van der Waals surface area contributed by atoms with Gasteiger partial charge in [-0.1, -0.05) is 30.3 Å². The molecule has 3 heteroatoms. The molecule has 0 spiro atoms. The molecule has 1 aromatic heterocycles. The topological polar surface area (TPSA) is 26.0 Å². The van der Waals surface area contributed by atoms with Crippen LogP contribution < -0.4 is 5.73 Å². The summed E-state index contributed by atoms with van der Waals surface area (Å²) in [4.78, 5) is 1.30. The third kappa shape index (κ3) is 2.84. The molecular weight excluding hydrogens is 270 g/mol. The van der Waals surface area contributed by atoms with Crippen LogP contribution >= 0.6 is 23.1 Å². The molecule has 3 rings (SSSR count). The number of nitrogens with two attached hydrogens (primary N) is 1. The molecule has 0 atom stereocenters. The summed E-state index contributed by atoms with van der Waals surface area (Å²) < 4.78 is 1.37. The summed E-state index contributed by atoms with van der Waals surface area (Å²) in [6.45, 7) is 0.611. The minimum atomic E-state index is 0.611. The fraction of sp³-hybridized carbons (Fsp3) is 0.125. The average molecular weight is 285 g/mol. The minimum absolute atomic E-state index is 0.611. The fourth-order valence-electron chi connectivity index (χ4n) is 2.03. The van der Waals surface area contributed by atoms with E-state index in [2.05, 4.69) is 53.9 Å². The van der Waals surface area contributed by atoms with Crippen molar-refractivity contribution in [1.29, 1.82) is 0 Å². The van der Waals surface area contributed by atoms with Crippen LogP contribution in [-0.4, -0.2) is 0 Å². The van der Waals surface area contributed by atoms with E-state index in [-0.39, 0.29) is 0 Å². The zero-order valence-corrected chi connectivity index (χ0v) is 12.1. The van der Waals surface area contributed by atoms with E-state index in [1.54, 1.807) is 0 Å². The highest BCUT2D eigenvalue weighted by Gasteiger charge is 2.04. The van der Waals surface area contributed by atoms with E-state index in [1.807, 2.05) is 23.1 Å². The second-order valence-corrected chi connectivity index (χ2v) is 6.35. The number of hydrogen-bond acceptors (Lipinski definition) is 3. The summed E-state index contributed by atoms with van der Waals surface area (Å²) in [5.74, 6) is 1.02. The number of thioether (sulfide) groups is 1. The summed E-state index contributed by atoms with van der Waals surface area (Å²) >= 11 is 3.70. The Labute approximate surface area is 121 Å². The van der Waals surface area contributed by atoms with Crippen LogP contribution in [0.4, 0.5) is 0 Å². The summed E-state index contributed by atoms with van der Waals surface area (Å²) in [7, 11) is 0. The van der Waals surface area contributed by atoms with Gasteiger partial charge in [0.05, 0.1) is 0 Å². The van der Waals surface area contributed by atoms with E-state index in [0.717, 1.165) is 5.75 Å². The lowest BCUT2D eigenvalue weighted by Crippen LogP contribution is -1.94. The molecule has 0 aliphatic carbocycles. The van der Waals surface area contributed by atoms with Gasteiger partial charge in [0.25, 0.3) is 0 Å². The van der Waals surface area contributed by atoms with E-state index in [4.69, 9.17) is 5.73 Å². The van der Waals surface area contributed by atoms with Crippen LogP contribution in [0.25, 0.3) is 10.1 Å². The molecule has 0 fully saturated rings. The zero-order chi connectivity index (χ0) is 13.1. The Morgan fingerprint density at radius 1 is 1.00 bits per heavy atom. The van der Waals surface area contributed by atoms with Crippen LogP contribution in [0.15, 0.2) is 58.8 Å².